The van der Waals surface area contributed by atoms with E-state index >= 15 is 0 Å². The number of unbranched alkanes of at least 4 members (excludes halogenated alkanes) is 2. The van der Waals surface area contributed by atoms with Gasteiger partial charge in [0.25, 0.3) is 0 Å². The van der Waals surface area contributed by atoms with E-state index in [0.29, 0.717) is 6.04 Å². The minimum atomic E-state index is 0.0578. The lowest BCUT2D eigenvalue weighted by molar-refractivity contribution is -0.124. The molecular formula is C13H26N2O. The Labute approximate surface area is 99.4 Å². The minimum absolute atomic E-state index is 0.0578. The number of amides is 1. The van der Waals surface area contributed by atoms with Gasteiger partial charge in [0.05, 0.1) is 6.04 Å². The third kappa shape index (κ3) is 4.97. The Kier molecular flexibility index (Phi) is 6.46. The molecule has 16 heavy (non-hydrogen) atoms. The highest BCUT2D eigenvalue weighted by Gasteiger charge is 2.21. The first-order chi connectivity index (χ1) is 7.74. The summed E-state index contributed by atoms with van der Waals surface area (Å²) in [6.07, 6.45) is 8.20. The number of hydrogen-bond acceptors (Lipinski definition) is 2. The van der Waals surface area contributed by atoms with Crippen LogP contribution >= 0.6 is 0 Å². The zero-order valence-electron chi connectivity index (χ0n) is 10.7. The molecule has 2 unspecified atom stereocenters. The summed E-state index contributed by atoms with van der Waals surface area (Å²) in [4.78, 5) is 11.9. The molecule has 1 rings (SSSR count). The lowest BCUT2D eigenvalue weighted by Crippen LogP contribution is -2.48. The van der Waals surface area contributed by atoms with Crippen LogP contribution in [0, 0.1) is 0 Å². The van der Waals surface area contributed by atoms with E-state index in [-0.39, 0.29) is 11.9 Å². The molecule has 0 aromatic carbocycles. The Hall–Kier alpha value is -0.570. The molecule has 1 heterocycles. The molecule has 3 heteroatoms. The van der Waals surface area contributed by atoms with Crippen LogP contribution in [0.4, 0.5) is 0 Å². The summed E-state index contributed by atoms with van der Waals surface area (Å²) in [7, 11) is 0. The van der Waals surface area contributed by atoms with Gasteiger partial charge in [-0.1, -0.05) is 32.6 Å². The summed E-state index contributed by atoms with van der Waals surface area (Å²) in [5, 5.41) is 6.39. The third-order valence-corrected chi connectivity index (χ3v) is 3.26. The fraction of sp³-hybridized carbons (Fsp3) is 0.923. The summed E-state index contributed by atoms with van der Waals surface area (Å²) < 4.78 is 0. The monoisotopic (exact) mass is 226 g/mol. The smallest absolute Gasteiger partial charge is 0.237 e. The second kappa shape index (κ2) is 7.66. The van der Waals surface area contributed by atoms with E-state index < -0.39 is 0 Å². The highest BCUT2D eigenvalue weighted by atomic mass is 16.2. The van der Waals surface area contributed by atoms with Crippen LogP contribution in [0.15, 0.2) is 0 Å². The van der Waals surface area contributed by atoms with Gasteiger partial charge in [-0.2, -0.15) is 0 Å². The maximum absolute atomic E-state index is 11.9. The molecule has 1 fully saturated rings. The second-order valence-corrected chi connectivity index (χ2v) is 4.91. The maximum atomic E-state index is 11.9. The van der Waals surface area contributed by atoms with Crippen LogP contribution in [-0.4, -0.2) is 24.5 Å². The second-order valence-electron chi connectivity index (χ2n) is 4.91. The van der Waals surface area contributed by atoms with E-state index in [1.165, 1.54) is 32.1 Å². The van der Waals surface area contributed by atoms with Gasteiger partial charge in [-0.25, -0.2) is 0 Å². The van der Waals surface area contributed by atoms with Crippen LogP contribution in [0.1, 0.15) is 58.8 Å². The number of nitrogens with one attached hydrogen (secondary N) is 2. The summed E-state index contributed by atoms with van der Waals surface area (Å²) in [5.41, 5.74) is 0. The van der Waals surface area contributed by atoms with Crippen molar-refractivity contribution >= 4 is 5.91 Å². The molecule has 1 amide bonds. The first-order valence-corrected chi connectivity index (χ1v) is 6.77. The molecule has 0 spiro atoms. The Bertz CT molecular complexity index is 200. The Morgan fingerprint density at radius 2 is 2.25 bits per heavy atom. The molecule has 0 bridgehead atoms. The van der Waals surface area contributed by atoms with Crippen molar-refractivity contribution in [1.82, 2.24) is 10.6 Å². The predicted octanol–water partition coefficient (Wildman–Crippen LogP) is 2.21. The van der Waals surface area contributed by atoms with Crippen LogP contribution in [-0.2, 0) is 4.79 Å². The Morgan fingerprint density at radius 3 is 2.88 bits per heavy atom. The van der Waals surface area contributed by atoms with Gasteiger partial charge in [0.15, 0.2) is 0 Å². The normalized spacial score (nSPS) is 22.8. The van der Waals surface area contributed by atoms with Crippen LogP contribution in [0.3, 0.4) is 0 Å². The van der Waals surface area contributed by atoms with Crippen LogP contribution in [0.5, 0.6) is 0 Å². The molecule has 1 aliphatic rings. The quantitative estimate of drug-likeness (QED) is 0.682. The SMILES string of the molecule is CCCCCC(C)NC(=O)C1CCCCN1. The van der Waals surface area contributed by atoms with Gasteiger partial charge in [-0.15, -0.1) is 0 Å². The van der Waals surface area contributed by atoms with Crippen LogP contribution in [0.2, 0.25) is 0 Å². The van der Waals surface area contributed by atoms with Gasteiger partial charge < -0.3 is 10.6 Å². The number of carbonyl (C=O) groups excluding carboxylic acids is 1. The summed E-state index contributed by atoms with van der Waals surface area (Å²) in [6, 6.07) is 0.380. The van der Waals surface area contributed by atoms with Crippen molar-refractivity contribution in [2.75, 3.05) is 6.54 Å². The lowest BCUT2D eigenvalue weighted by atomic mass is 10.0. The van der Waals surface area contributed by atoms with Gasteiger partial charge in [-0.3, -0.25) is 4.79 Å². The van der Waals surface area contributed by atoms with E-state index in [1.54, 1.807) is 0 Å². The van der Waals surface area contributed by atoms with Crippen LogP contribution < -0.4 is 10.6 Å². The van der Waals surface area contributed by atoms with Crippen molar-refractivity contribution in [3.05, 3.63) is 0 Å². The Balaban J connectivity index is 2.16. The predicted molar refractivity (Wildman–Crippen MR) is 67.4 cm³/mol. The molecule has 3 nitrogen and oxygen atoms in total. The number of carbonyl (C=O) groups is 1. The van der Waals surface area contributed by atoms with Gasteiger partial charge in [-0.05, 0) is 32.7 Å². The number of rotatable bonds is 6. The van der Waals surface area contributed by atoms with Gasteiger partial charge in [0, 0.05) is 6.04 Å². The molecule has 2 atom stereocenters. The lowest BCUT2D eigenvalue weighted by Gasteiger charge is -2.24. The fourth-order valence-electron chi connectivity index (χ4n) is 2.19. The maximum Gasteiger partial charge on any atom is 0.237 e. The fourth-order valence-corrected chi connectivity index (χ4v) is 2.19. The zero-order valence-corrected chi connectivity index (χ0v) is 10.7. The molecule has 0 aromatic rings. The molecular weight excluding hydrogens is 200 g/mol. The molecule has 94 valence electrons. The van der Waals surface area contributed by atoms with E-state index in [4.69, 9.17) is 0 Å². The first kappa shape index (κ1) is 13.5. The molecule has 1 aliphatic heterocycles. The minimum Gasteiger partial charge on any atom is -0.352 e. The molecule has 0 radical (unpaired) electrons. The first-order valence-electron chi connectivity index (χ1n) is 6.77. The topological polar surface area (TPSA) is 41.1 Å². The average Bonchev–Trinajstić information content (AvgIpc) is 2.30. The average molecular weight is 226 g/mol. The number of piperidine rings is 1. The van der Waals surface area contributed by atoms with Crippen molar-refractivity contribution in [3.8, 4) is 0 Å². The molecule has 1 saturated heterocycles. The van der Waals surface area contributed by atoms with Crippen molar-refractivity contribution in [2.24, 2.45) is 0 Å². The van der Waals surface area contributed by atoms with E-state index in [1.807, 2.05) is 0 Å². The van der Waals surface area contributed by atoms with E-state index in [2.05, 4.69) is 24.5 Å². The summed E-state index contributed by atoms with van der Waals surface area (Å²) >= 11 is 0. The molecule has 0 aliphatic carbocycles. The number of hydrogen-bond donors (Lipinski definition) is 2. The summed E-state index contributed by atoms with van der Waals surface area (Å²) in [6.45, 7) is 5.30. The molecule has 0 aromatic heterocycles. The van der Waals surface area contributed by atoms with Crippen molar-refractivity contribution in [1.29, 1.82) is 0 Å². The standard InChI is InChI=1S/C13H26N2O/c1-3-4-5-8-11(2)15-13(16)12-9-6-7-10-14-12/h11-12,14H,3-10H2,1-2H3,(H,15,16). The largest absolute Gasteiger partial charge is 0.352 e. The van der Waals surface area contributed by atoms with Crippen molar-refractivity contribution in [2.45, 2.75) is 70.9 Å². The highest BCUT2D eigenvalue weighted by molar-refractivity contribution is 5.82. The van der Waals surface area contributed by atoms with E-state index in [9.17, 15) is 4.79 Å². The summed E-state index contributed by atoms with van der Waals surface area (Å²) in [5.74, 6) is 0.198. The van der Waals surface area contributed by atoms with Crippen molar-refractivity contribution < 1.29 is 4.79 Å². The third-order valence-electron chi connectivity index (χ3n) is 3.26. The highest BCUT2D eigenvalue weighted by Crippen LogP contribution is 2.08. The van der Waals surface area contributed by atoms with Gasteiger partial charge >= 0.3 is 0 Å². The van der Waals surface area contributed by atoms with E-state index in [0.717, 1.165) is 19.4 Å². The molecule has 0 saturated carbocycles. The van der Waals surface area contributed by atoms with Crippen LogP contribution in [0.25, 0.3) is 0 Å². The van der Waals surface area contributed by atoms with Gasteiger partial charge in [0.1, 0.15) is 0 Å². The van der Waals surface area contributed by atoms with Crippen molar-refractivity contribution in [3.63, 3.8) is 0 Å². The zero-order chi connectivity index (χ0) is 11.8. The molecule has 2 N–H and O–H groups in total. The Morgan fingerprint density at radius 1 is 1.44 bits per heavy atom. The van der Waals surface area contributed by atoms with Gasteiger partial charge in [0.2, 0.25) is 5.91 Å².